The summed E-state index contributed by atoms with van der Waals surface area (Å²) in [6, 6.07) is 28.3. The van der Waals surface area contributed by atoms with Crippen LogP contribution in [0.2, 0.25) is 0 Å². The minimum Gasteiger partial charge on any atom is -0.294 e. The van der Waals surface area contributed by atoms with Gasteiger partial charge in [-0.1, -0.05) is 90.5 Å². The molecule has 0 N–H and O–H groups in total. The standard InChI is InChI=1S/C22H20O/c1-17-12-14-19(15-13-17)21(18-8-4-2-5-9-18)16-22(23)20-10-6-3-7-11-20/h2-15,21H,16H2,1H3/t21-/m0/s1. The number of carbonyl (C=O) groups is 1. The summed E-state index contributed by atoms with van der Waals surface area (Å²) in [5.74, 6) is 0.268. The molecule has 3 aromatic rings. The molecule has 1 heteroatoms. The Hall–Kier alpha value is -2.67. The molecule has 0 aliphatic heterocycles. The second-order valence-corrected chi connectivity index (χ2v) is 5.87. The largest absolute Gasteiger partial charge is 0.294 e. The monoisotopic (exact) mass is 300 g/mol. The Labute approximate surface area is 137 Å². The molecule has 0 aliphatic carbocycles. The molecule has 0 aromatic heterocycles. The van der Waals surface area contributed by atoms with Gasteiger partial charge in [0.25, 0.3) is 0 Å². The van der Waals surface area contributed by atoms with E-state index >= 15 is 0 Å². The Balaban J connectivity index is 1.93. The van der Waals surface area contributed by atoms with E-state index in [2.05, 4.69) is 43.3 Å². The zero-order chi connectivity index (χ0) is 16.1. The average molecular weight is 300 g/mol. The highest BCUT2D eigenvalue weighted by molar-refractivity contribution is 5.96. The van der Waals surface area contributed by atoms with E-state index in [1.165, 1.54) is 16.7 Å². The number of ketones is 1. The molecule has 0 spiro atoms. The van der Waals surface area contributed by atoms with Crippen LogP contribution < -0.4 is 0 Å². The Morgan fingerprint density at radius 2 is 1.26 bits per heavy atom. The van der Waals surface area contributed by atoms with Crippen LogP contribution in [0.5, 0.6) is 0 Å². The third-order valence-corrected chi connectivity index (χ3v) is 4.17. The maximum Gasteiger partial charge on any atom is 0.163 e. The van der Waals surface area contributed by atoms with Gasteiger partial charge >= 0.3 is 0 Å². The fourth-order valence-electron chi connectivity index (χ4n) is 2.84. The van der Waals surface area contributed by atoms with Gasteiger partial charge in [0.2, 0.25) is 0 Å². The summed E-state index contributed by atoms with van der Waals surface area (Å²) >= 11 is 0. The van der Waals surface area contributed by atoms with Crippen molar-refractivity contribution in [2.75, 3.05) is 0 Å². The molecule has 3 rings (SSSR count). The Morgan fingerprint density at radius 3 is 1.87 bits per heavy atom. The number of carbonyl (C=O) groups excluding carboxylic acids is 1. The van der Waals surface area contributed by atoms with Gasteiger partial charge in [0.05, 0.1) is 0 Å². The smallest absolute Gasteiger partial charge is 0.163 e. The minimum absolute atomic E-state index is 0.0875. The summed E-state index contributed by atoms with van der Waals surface area (Å²) in [6.07, 6.45) is 0.483. The number of aryl methyl sites for hydroxylation is 1. The van der Waals surface area contributed by atoms with E-state index in [4.69, 9.17) is 0 Å². The number of hydrogen-bond acceptors (Lipinski definition) is 1. The second kappa shape index (κ2) is 7.06. The van der Waals surface area contributed by atoms with Crippen molar-refractivity contribution in [1.29, 1.82) is 0 Å². The first-order chi connectivity index (χ1) is 11.2. The van der Waals surface area contributed by atoms with E-state index in [0.717, 1.165) is 5.56 Å². The molecule has 0 saturated heterocycles. The molecule has 0 radical (unpaired) electrons. The van der Waals surface area contributed by atoms with Crippen LogP contribution in [0.25, 0.3) is 0 Å². The number of benzene rings is 3. The Morgan fingerprint density at radius 1 is 0.739 bits per heavy atom. The Kier molecular flexibility index (Phi) is 4.68. The average Bonchev–Trinajstić information content (AvgIpc) is 2.62. The maximum atomic E-state index is 12.7. The topological polar surface area (TPSA) is 17.1 Å². The molecule has 1 nitrogen and oxygen atoms in total. The van der Waals surface area contributed by atoms with Crippen LogP contribution >= 0.6 is 0 Å². The summed E-state index contributed by atoms with van der Waals surface area (Å²) in [5, 5.41) is 0. The quantitative estimate of drug-likeness (QED) is 0.577. The van der Waals surface area contributed by atoms with E-state index in [-0.39, 0.29) is 11.7 Å². The van der Waals surface area contributed by atoms with Crippen molar-refractivity contribution in [3.05, 3.63) is 107 Å². The first-order valence-corrected chi connectivity index (χ1v) is 7.94. The SMILES string of the molecule is Cc1ccc([C@@H](CC(=O)c2ccccc2)c2ccccc2)cc1. The lowest BCUT2D eigenvalue weighted by Gasteiger charge is -2.18. The molecular formula is C22H20O. The van der Waals surface area contributed by atoms with E-state index < -0.39 is 0 Å². The van der Waals surface area contributed by atoms with Crippen LogP contribution in [0.4, 0.5) is 0 Å². The van der Waals surface area contributed by atoms with Gasteiger partial charge in [-0.25, -0.2) is 0 Å². The highest BCUT2D eigenvalue weighted by Crippen LogP contribution is 2.29. The van der Waals surface area contributed by atoms with Gasteiger partial charge < -0.3 is 0 Å². The van der Waals surface area contributed by atoms with Crippen molar-refractivity contribution in [3.63, 3.8) is 0 Å². The predicted octanol–water partition coefficient (Wildman–Crippen LogP) is 5.40. The van der Waals surface area contributed by atoms with Crippen LogP contribution in [0.1, 0.15) is 39.4 Å². The summed E-state index contributed by atoms with van der Waals surface area (Å²) in [5.41, 5.74) is 4.38. The van der Waals surface area contributed by atoms with Gasteiger partial charge in [-0.3, -0.25) is 4.79 Å². The molecule has 0 heterocycles. The molecular weight excluding hydrogens is 280 g/mol. The fourth-order valence-corrected chi connectivity index (χ4v) is 2.84. The number of hydrogen-bond donors (Lipinski definition) is 0. The molecule has 0 amide bonds. The zero-order valence-corrected chi connectivity index (χ0v) is 13.3. The highest BCUT2D eigenvalue weighted by atomic mass is 16.1. The molecule has 0 saturated carbocycles. The van der Waals surface area contributed by atoms with Gasteiger partial charge in [0, 0.05) is 17.9 Å². The van der Waals surface area contributed by atoms with Crippen LogP contribution in [0, 0.1) is 6.92 Å². The molecule has 0 fully saturated rings. The van der Waals surface area contributed by atoms with Crippen molar-refractivity contribution >= 4 is 5.78 Å². The summed E-state index contributed by atoms with van der Waals surface area (Å²) < 4.78 is 0. The molecule has 0 bridgehead atoms. The van der Waals surface area contributed by atoms with E-state index in [0.29, 0.717) is 6.42 Å². The Bertz CT molecular complexity index is 758. The third kappa shape index (κ3) is 3.75. The lowest BCUT2D eigenvalue weighted by Crippen LogP contribution is -2.09. The number of rotatable bonds is 5. The summed E-state index contributed by atoms with van der Waals surface area (Å²) in [4.78, 5) is 12.7. The highest BCUT2D eigenvalue weighted by Gasteiger charge is 2.18. The predicted molar refractivity (Wildman–Crippen MR) is 94.9 cm³/mol. The normalized spacial score (nSPS) is 11.9. The van der Waals surface area contributed by atoms with E-state index in [9.17, 15) is 4.79 Å². The lowest BCUT2D eigenvalue weighted by molar-refractivity contribution is 0.0977. The molecule has 114 valence electrons. The summed E-state index contributed by atoms with van der Waals surface area (Å²) in [6.45, 7) is 2.08. The third-order valence-electron chi connectivity index (χ3n) is 4.17. The van der Waals surface area contributed by atoms with Crippen molar-refractivity contribution in [1.82, 2.24) is 0 Å². The summed E-state index contributed by atoms with van der Waals surface area (Å²) in [7, 11) is 0. The van der Waals surface area contributed by atoms with Crippen LogP contribution in [-0.2, 0) is 0 Å². The molecule has 1 atom stereocenters. The fraction of sp³-hybridized carbons (Fsp3) is 0.136. The molecule has 0 unspecified atom stereocenters. The van der Waals surface area contributed by atoms with Gasteiger partial charge in [0.15, 0.2) is 5.78 Å². The van der Waals surface area contributed by atoms with Crippen molar-refractivity contribution < 1.29 is 4.79 Å². The lowest BCUT2D eigenvalue weighted by atomic mass is 9.85. The van der Waals surface area contributed by atoms with Gasteiger partial charge in [-0.05, 0) is 18.1 Å². The zero-order valence-electron chi connectivity index (χ0n) is 13.3. The second-order valence-electron chi connectivity index (χ2n) is 5.87. The van der Waals surface area contributed by atoms with Crippen molar-refractivity contribution in [2.45, 2.75) is 19.3 Å². The van der Waals surface area contributed by atoms with Crippen LogP contribution in [0.15, 0.2) is 84.9 Å². The number of Topliss-reactive ketones (excluding diaryl/α,β-unsaturated/α-hetero) is 1. The molecule has 0 aliphatic rings. The van der Waals surface area contributed by atoms with Crippen molar-refractivity contribution in [3.8, 4) is 0 Å². The first kappa shape index (κ1) is 15.2. The molecule has 23 heavy (non-hydrogen) atoms. The minimum atomic E-state index is 0.0875. The van der Waals surface area contributed by atoms with E-state index in [1.54, 1.807) is 0 Å². The van der Waals surface area contributed by atoms with Gasteiger partial charge in [0.1, 0.15) is 0 Å². The van der Waals surface area contributed by atoms with Crippen LogP contribution in [0.3, 0.4) is 0 Å². The van der Waals surface area contributed by atoms with E-state index in [1.807, 2.05) is 48.5 Å². The first-order valence-electron chi connectivity index (χ1n) is 7.94. The van der Waals surface area contributed by atoms with Crippen molar-refractivity contribution in [2.24, 2.45) is 0 Å². The van der Waals surface area contributed by atoms with Gasteiger partial charge in [-0.15, -0.1) is 0 Å². The van der Waals surface area contributed by atoms with Gasteiger partial charge in [-0.2, -0.15) is 0 Å². The molecule has 3 aromatic carbocycles. The van der Waals surface area contributed by atoms with Crippen LogP contribution in [-0.4, -0.2) is 5.78 Å². The maximum absolute atomic E-state index is 12.7.